The largest absolute Gasteiger partial charge is 0.497 e. The van der Waals surface area contributed by atoms with E-state index < -0.39 is 0 Å². The van der Waals surface area contributed by atoms with Crippen molar-refractivity contribution in [1.82, 2.24) is 19.2 Å². The summed E-state index contributed by atoms with van der Waals surface area (Å²) in [5.74, 6) is 0.816. The second kappa shape index (κ2) is 9.97. The highest BCUT2D eigenvalue weighted by atomic mass is 16.5. The number of nitrogens with zero attached hydrogens (tertiary/aromatic N) is 4. The van der Waals surface area contributed by atoms with E-state index in [0.717, 1.165) is 16.9 Å². The van der Waals surface area contributed by atoms with E-state index in [1.807, 2.05) is 29.8 Å². The zero-order valence-electron chi connectivity index (χ0n) is 22.0. The lowest BCUT2D eigenvalue weighted by atomic mass is 10.1. The molecule has 0 atom stereocenters. The predicted octanol–water partition coefficient (Wildman–Crippen LogP) is 5.05. The number of pyridine rings is 1. The second-order valence-corrected chi connectivity index (χ2v) is 9.19. The first-order valence-electron chi connectivity index (χ1n) is 12.2. The minimum Gasteiger partial charge on any atom is -0.497 e. The van der Waals surface area contributed by atoms with Crippen molar-refractivity contribution < 1.29 is 14.3 Å². The third kappa shape index (κ3) is 4.45. The van der Waals surface area contributed by atoms with Gasteiger partial charge in [-0.15, -0.1) is 0 Å². The van der Waals surface area contributed by atoms with E-state index in [2.05, 4.69) is 19.9 Å². The molecule has 0 bridgehead atoms. The van der Waals surface area contributed by atoms with E-state index in [1.165, 1.54) is 9.96 Å². The van der Waals surface area contributed by atoms with Crippen molar-refractivity contribution in [2.45, 2.75) is 27.7 Å². The number of carbonyl (C=O) groups is 1. The van der Waals surface area contributed by atoms with Crippen molar-refractivity contribution in [2.75, 3.05) is 13.7 Å². The third-order valence-electron chi connectivity index (χ3n) is 6.72. The van der Waals surface area contributed by atoms with Gasteiger partial charge in [-0.25, -0.2) is 9.67 Å². The van der Waals surface area contributed by atoms with Crippen molar-refractivity contribution in [3.05, 3.63) is 105 Å². The van der Waals surface area contributed by atoms with Crippen molar-refractivity contribution >= 4 is 11.4 Å². The van der Waals surface area contributed by atoms with E-state index in [4.69, 9.17) is 19.6 Å². The summed E-state index contributed by atoms with van der Waals surface area (Å²) in [6.07, 6.45) is 1.64. The first-order valence-corrected chi connectivity index (χ1v) is 12.2. The Bertz CT molecular complexity index is 1730. The van der Waals surface area contributed by atoms with Crippen LogP contribution in [0.5, 0.6) is 11.5 Å². The van der Waals surface area contributed by atoms with Gasteiger partial charge in [0.05, 0.1) is 24.1 Å². The van der Waals surface area contributed by atoms with Crippen LogP contribution in [0.4, 0.5) is 0 Å². The maximum absolute atomic E-state index is 13.6. The molecule has 3 heterocycles. The third-order valence-corrected chi connectivity index (χ3v) is 6.72. The Morgan fingerprint density at radius 2 is 1.74 bits per heavy atom. The van der Waals surface area contributed by atoms with Crippen molar-refractivity contribution in [3.63, 3.8) is 0 Å². The lowest BCUT2D eigenvalue weighted by Gasteiger charge is -2.12. The Hall–Kier alpha value is -4.72. The van der Waals surface area contributed by atoms with Crippen LogP contribution in [0.1, 0.15) is 32.9 Å². The van der Waals surface area contributed by atoms with E-state index in [0.29, 0.717) is 39.7 Å². The number of hydrogen-bond acceptors (Lipinski definition) is 6. The van der Waals surface area contributed by atoms with Crippen molar-refractivity contribution in [2.24, 2.45) is 0 Å². The van der Waals surface area contributed by atoms with E-state index >= 15 is 0 Å². The van der Waals surface area contributed by atoms with Crippen molar-refractivity contribution in [1.29, 1.82) is 0 Å². The topological polar surface area (TPSA) is 87.7 Å². The zero-order chi connectivity index (χ0) is 27.0. The van der Waals surface area contributed by atoms with E-state index in [1.54, 1.807) is 56.6 Å². The Labute approximate surface area is 220 Å². The molecule has 38 heavy (non-hydrogen) atoms. The first kappa shape index (κ1) is 25.0. The van der Waals surface area contributed by atoms with Crippen molar-refractivity contribution in [3.8, 4) is 28.4 Å². The summed E-state index contributed by atoms with van der Waals surface area (Å²) < 4.78 is 14.3. The van der Waals surface area contributed by atoms with Gasteiger partial charge in [0.15, 0.2) is 23.8 Å². The Kier molecular flexibility index (Phi) is 6.55. The number of aromatic nitrogens is 4. The van der Waals surface area contributed by atoms with Gasteiger partial charge in [-0.05, 0) is 87.4 Å². The monoisotopic (exact) mass is 508 g/mol. The smallest absolute Gasteiger partial charge is 0.267 e. The molecule has 0 fully saturated rings. The molecular weight excluding hydrogens is 480 g/mol. The minimum atomic E-state index is -0.259. The fraction of sp³-hybridized carbons (Fsp3) is 0.200. The zero-order valence-corrected chi connectivity index (χ0v) is 22.0. The van der Waals surface area contributed by atoms with Gasteiger partial charge in [-0.2, -0.15) is 5.10 Å². The van der Waals surface area contributed by atoms with Gasteiger partial charge < -0.3 is 9.47 Å². The SMILES string of the molecule is COc1ccc(C(=O)COc2cccn3c(=O)c(-c4cc(C)n(-c5cccc(C)c5C)n4)c(C)nc23)cc1. The molecule has 192 valence electrons. The standard InChI is InChI=1S/C30H28N4O4/c1-18-8-6-9-25(20(18)3)34-19(2)16-24(32-34)28-21(4)31-29-27(10-7-15-33(29)30(28)36)38-17-26(35)22-11-13-23(37-5)14-12-22/h6-16H,17H2,1-5H3. The van der Waals surface area contributed by atoms with E-state index in [-0.39, 0.29) is 17.9 Å². The summed E-state index contributed by atoms with van der Waals surface area (Å²) in [7, 11) is 1.57. The van der Waals surface area contributed by atoms with Crippen LogP contribution in [-0.2, 0) is 0 Å². The fourth-order valence-electron chi connectivity index (χ4n) is 4.46. The Morgan fingerprint density at radius 1 is 0.974 bits per heavy atom. The lowest BCUT2D eigenvalue weighted by Crippen LogP contribution is -2.20. The Morgan fingerprint density at radius 3 is 2.47 bits per heavy atom. The number of ketones is 1. The van der Waals surface area contributed by atoms with Crippen LogP contribution in [0.25, 0.3) is 22.6 Å². The summed E-state index contributed by atoms with van der Waals surface area (Å²) in [6.45, 7) is 7.67. The molecule has 8 nitrogen and oxygen atoms in total. The quantitative estimate of drug-likeness (QED) is 0.286. The molecule has 0 unspecified atom stereocenters. The lowest BCUT2D eigenvalue weighted by molar-refractivity contribution is 0.0922. The van der Waals surface area contributed by atoms with Crippen LogP contribution in [0.2, 0.25) is 0 Å². The number of ether oxygens (including phenoxy) is 2. The second-order valence-electron chi connectivity index (χ2n) is 9.19. The molecule has 8 heteroatoms. The van der Waals surface area contributed by atoms with Gasteiger partial charge >= 0.3 is 0 Å². The summed E-state index contributed by atoms with van der Waals surface area (Å²) in [4.78, 5) is 31.0. The molecule has 0 N–H and O–H groups in total. The first-order chi connectivity index (χ1) is 18.3. The van der Waals surface area contributed by atoms with Crippen LogP contribution in [-0.4, -0.2) is 38.7 Å². The van der Waals surface area contributed by atoms with Gasteiger partial charge in [-0.1, -0.05) is 12.1 Å². The number of Topliss-reactive ketones (excluding diaryl/α,β-unsaturated/α-hetero) is 1. The number of fused-ring (bicyclic) bond motifs is 1. The highest BCUT2D eigenvalue weighted by molar-refractivity contribution is 5.97. The highest BCUT2D eigenvalue weighted by Crippen LogP contribution is 2.26. The van der Waals surface area contributed by atoms with Gasteiger partial charge in [0, 0.05) is 17.5 Å². The van der Waals surface area contributed by atoms with Gasteiger partial charge in [-0.3, -0.25) is 14.0 Å². The number of carbonyl (C=O) groups excluding carboxylic acids is 1. The number of rotatable bonds is 7. The summed E-state index contributed by atoms with van der Waals surface area (Å²) >= 11 is 0. The molecule has 0 radical (unpaired) electrons. The molecule has 2 aromatic carbocycles. The van der Waals surface area contributed by atoms with Gasteiger partial charge in [0.2, 0.25) is 0 Å². The number of hydrogen-bond donors (Lipinski definition) is 0. The molecule has 0 saturated heterocycles. The van der Waals surface area contributed by atoms with Crippen LogP contribution in [0.3, 0.4) is 0 Å². The molecular formula is C30H28N4O4. The minimum absolute atomic E-state index is 0.192. The molecule has 5 rings (SSSR count). The van der Waals surface area contributed by atoms with Gasteiger partial charge in [0.25, 0.3) is 5.56 Å². The van der Waals surface area contributed by atoms with Crippen LogP contribution < -0.4 is 15.0 Å². The van der Waals surface area contributed by atoms with Gasteiger partial charge in [0.1, 0.15) is 11.4 Å². The summed E-state index contributed by atoms with van der Waals surface area (Å²) in [6, 6.07) is 18.2. The molecule has 5 aromatic rings. The number of benzene rings is 2. The summed E-state index contributed by atoms with van der Waals surface area (Å²) in [5.41, 5.74) is 6.25. The molecule has 0 aliphatic rings. The molecule has 0 saturated carbocycles. The molecule has 0 amide bonds. The van der Waals surface area contributed by atoms with E-state index in [9.17, 15) is 9.59 Å². The summed E-state index contributed by atoms with van der Waals surface area (Å²) in [5, 5.41) is 4.79. The van der Waals surface area contributed by atoms with Crippen LogP contribution in [0.15, 0.2) is 71.7 Å². The maximum atomic E-state index is 13.6. The highest BCUT2D eigenvalue weighted by Gasteiger charge is 2.19. The molecule has 0 spiro atoms. The Balaban J connectivity index is 1.49. The normalized spacial score (nSPS) is 11.1. The van der Waals surface area contributed by atoms with Crippen LogP contribution in [0, 0.1) is 27.7 Å². The maximum Gasteiger partial charge on any atom is 0.267 e. The average molecular weight is 509 g/mol. The molecule has 0 aliphatic heterocycles. The average Bonchev–Trinajstić information content (AvgIpc) is 3.29. The predicted molar refractivity (Wildman–Crippen MR) is 146 cm³/mol. The molecule has 3 aromatic heterocycles. The molecule has 0 aliphatic carbocycles. The number of aryl methyl sites for hydroxylation is 3. The van der Waals surface area contributed by atoms with Crippen LogP contribution >= 0.6 is 0 Å². The fourth-order valence-corrected chi connectivity index (χ4v) is 4.46. The number of methoxy groups -OCH3 is 1.